The van der Waals surface area contributed by atoms with E-state index in [1.807, 2.05) is 13.8 Å². The summed E-state index contributed by atoms with van der Waals surface area (Å²) >= 11 is 0. The highest BCUT2D eigenvalue weighted by Gasteiger charge is 2.28. The molecule has 0 fully saturated rings. The highest BCUT2D eigenvalue weighted by atomic mass is 16.5. The second-order valence-corrected chi connectivity index (χ2v) is 3.65. The molecule has 1 aliphatic carbocycles. The van der Waals surface area contributed by atoms with Crippen molar-refractivity contribution in [2.24, 2.45) is 5.73 Å². The van der Waals surface area contributed by atoms with Gasteiger partial charge in [-0.05, 0) is 26.7 Å². The first-order chi connectivity index (χ1) is 6.56. The Hall–Kier alpha value is -1.03. The number of rotatable bonds is 3. The summed E-state index contributed by atoms with van der Waals surface area (Å²) in [4.78, 5) is 11.5. The van der Waals surface area contributed by atoms with E-state index in [-0.39, 0.29) is 18.2 Å². The van der Waals surface area contributed by atoms with E-state index in [0.717, 1.165) is 6.42 Å². The van der Waals surface area contributed by atoms with Gasteiger partial charge >= 0.3 is 5.97 Å². The number of hydrogen-bond donors (Lipinski definition) is 1. The van der Waals surface area contributed by atoms with E-state index in [9.17, 15) is 4.79 Å². The van der Waals surface area contributed by atoms with Gasteiger partial charge in [-0.1, -0.05) is 0 Å². The molecule has 4 heteroatoms. The Morgan fingerprint density at radius 3 is 2.64 bits per heavy atom. The first kappa shape index (κ1) is 11.0. The van der Waals surface area contributed by atoms with Crippen LogP contribution in [0.5, 0.6) is 0 Å². The molecule has 4 nitrogen and oxygen atoms in total. The predicted octanol–water partition coefficient (Wildman–Crippen LogP) is 0.960. The van der Waals surface area contributed by atoms with E-state index >= 15 is 0 Å². The van der Waals surface area contributed by atoms with Gasteiger partial charge < -0.3 is 15.2 Å². The van der Waals surface area contributed by atoms with Crippen molar-refractivity contribution < 1.29 is 14.3 Å². The second kappa shape index (κ2) is 4.46. The van der Waals surface area contributed by atoms with E-state index in [1.54, 1.807) is 7.11 Å². The van der Waals surface area contributed by atoms with Gasteiger partial charge in [0.15, 0.2) is 0 Å². The number of carbonyl (C=O) groups is 1. The fourth-order valence-corrected chi connectivity index (χ4v) is 1.52. The third kappa shape index (κ3) is 2.26. The van der Waals surface area contributed by atoms with Crippen molar-refractivity contribution in [3.05, 3.63) is 11.3 Å². The van der Waals surface area contributed by atoms with Crippen molar-refractivity contribution in [1.29, 1.82) is 0 Å². The average molecular weight is 199 g/mol. The van der Waals surface area contributed by atoms with Gasteiger partial charge in [0.2, 0.25) is 0 Å². The highest BCUT2D eigenvalue weighted by molar-refractivity contribution is 5.90. The van der Waals surface area contributed by atoms with Gasteiger partial charge in [0.05, 0.1) is 17.8 Å². The van der Waals surface area contributed by atoms with E-state index < -0.39 is 0 Å². The van der Waals surface area contributed by atoms with Gasteiger partial charge in [-0.3, -0.25) is 0 Å². The lowest BCUT2D eigenvalue weighted by atomic mass is 10.2. The Morgan fingerprint density at radius 1 is 1.57 bits per heavy atom. The molecule has 14 heavy (non-hydrogen) atoms. The number of ether oxygens (including phenoxy) is 2. The van der Waals surface area contributed by atoms with Crippen LogP contribution in [0.2, 0.25) is 0 Å². The van der Waals surface area contributed by atoms with Crippen LogP contribution in [0.3, 0.4) is 0 Å². The lowest BCUT2D eigenvalue weighted by molar-refractivity contribution is -0.142. The number of hydrogen-bond acceptors (Lipinski definition) is 4. The molecule has 0 saturated heterocycles. The Kier molecular flexibility index (Phi) is 3.52. The van der Waals surface area contributed by atoms with Crippen molar-refractivity contribution in [3.63, 3.8) is 0 Å². The quantitative estimate of drug-likeness (QED) is 0.688. The summed E-state index contributed by atoms with van der Waals surface area (Å²) in [7, 11) is 1.59. The van der Waals surface area contributed by atoms with Crippen LogP contribution >= 0.6 is 0 Å². The smallest absolute Gasteiger partial charge is 0.336 e. The maximum absolute atomic E-state index is 11.5. The van der Waals surface area contributed by atoms with Crippen LogP contribution in [0.1, 0.15) is 26.7 Å². The number of methoxy groups -OCH3 is 1. The summed E-state index contributed by atoms with van der Waals surface area (Å²) in [6.45, 7) is 3.63. The summed E-state index contributed by atoms with van der Waals surface area (Å²) in [6.07, 6.45) is 1.19. The maximum Gasteiger partial charge on any atom is 0.336 e. The average Bonchev–Trinajstić information content (AvgIpc) is 2.45. The van der Waals surface area contributed by atoms with Crippen molar-refractivity contribution in [1.82, 2.24) is 0 Å². The van der Waals surface area contributed by atoms with E-state index in [2.05, 4.69) is 0 Å². The molecule has 0 aromatic heterocycles. The topological polar surface area (TPSA) is 61.5 Å². The normalized spacial score (nSPS) is 21.9. The SMILES string of the molecule is COC1CCC(C(=O)OC(C)C)=C1N. The van der Waals surface area contributed by atoms with Crippen LogP contribution in [-0.4, -0.2) is 25.3 Å². The fraction of sp³-hybridized carbons (Fsp3) is 0.700. The molecule has 1 rings (SSSR count). The van der Waals surface area contributed by atoms with Crippen LogP contribution in [0.4, 0.5) is 0 Å². The first-order valence-corrected chi connectivity index (χ1v) is 4.78. The van der Waals surface area contributed by atoms with Crippen LogP contribution in [-0.2, 0) is 14.3 Å². The third-order valence-electron chi connectivity index (χ3n) is 2.23. The summed E-state index contributed by atoms with van der Waals surface area (Å²) in [6, 6.07) is 0. The highest BCUT2D eigenvalue weighted by Crippen LogP contribution is 2.26. The Balaban J connectivity index is 2.68. The summed E-state index contributed by atoms with van der Waals surface area (Å²) in [5.41, 5.74) is 6.86. The van der Waals surface area contributed by atoms with Crippen LogP contribution < -0.4 is 5.73 Å². The third-order valence-corrected chi connectivity index (χ3v) is 2.23. The minimum absolute atomic E-state index is 0.107. The zero-order valence-electron chi connectivity index (χ0n) is 8.87. The lowest BCUT2D eigenvalue weighted by Crippen LogP contribution is -2.19. The van der Waals surface area contributed by atoms with Crippen molar-refractivity contribution in [2.75, 3.05) is 7.11 Å². The van der Waals surface area contributed by atoms with Crippen molar-refractivity contribution in [2.45, 2.75) is 38.9 Å². The van der Waals surface area contributed by atoms with E-state index in [1.165, 1.54) is 0 Å². The summed E-state index contributed by atoms with van der Waals surface area (Å²) < 4.78 is 10.2. The number of esters is 1. The van der Waals surface area contributed by atoms with Gasteiger partial charge in [-0.2, -0.15) is 0 Å². The van der Waals surface area contributed by atoms with Crippen LogP contribution in [0.15, 0.2) is 11.3 Å². The molecule has 80 valence electrons. The van der Waals surface area contributed by atoms with Crippen LogP contribution in [0, 0.1) is 0 Å². The summed E-state index contributed by atoms with van der Waals surface area (Å²) in [5.74, 6) is -0.308. The molecule has 0 bridgehead atoms. The standard InChI is InChI=1S/C10H17NO3/c1-6(2)14-10(12)7-4-5-8(13-3)9(7)11/h6,8H,4-5,11H2,1-3H3. The monoisotopic (exact) mass is 199 g/mol. The molecule has 0 radical (unpaired) electrons. The minimum Gasteiger partial charge on any atom is -0.460 e. The molecule has 1 unspecified atom stereocenters. The molecule has 0 aromatic carbocycles. The molecular formula is C10H17NO3. The Labute approximate surface area is 84.1 Å². The first-order valence-electron chi connectivity index (χ1n) is 4.78. The van der Waals surface area contributed by atoms with Gasteiger partial charge in [0.25, 0.3) is 0 Å². The fourth-order valence-electron chi connectivity index (χ4n) is 1.52. The minimum atomic E-state index is -0.308. The Bertz CT molecular complexity index is 258. The van der Waals surface area contributed by atoms with E-state index in [0.29, 0.717) is 17.7 Å². The maximum atomic E-state index is 11.5. The van der Waals surface area contributed by atoms with Crippen LogP contribution in [0.25, 0.3) is 0 Å². The molecular weight excluding hydrogens is 182 g/mol. The molecule has 0 amide bonds. The molecule has 0 spiro atoms. The Morgan fingerprint density at radius 2 is 2.21 bits per heavy atom. The number of carbonyl (C=O) groups excluding carboxylic acids is 1. The van der Waals surface area contributed by atoms with Gasteiger partial charge in [-0.25, -0.2) is 4.79 Å². The van der Waals surface area contributed by atoms with Gasteiger partial charge in [0, 0.05) is 12.8 Å². The molecule has 0 heterocycles. The van der Waals surface area contributed by atoms with Gasteiger partial charge in [-0.15, -0.1) is 0 Å². The van der Waals surface area contributed by atoms with E-state index in [4.69, 9.17) is 15.2 Å². The largest absolute Gasteiger partial charge is 0.460 e. The zero-order valence-corrected chi connectivity index (χ0v) is 8.87. The molecule has 2 N–H and O–H groups in total. The lowest BCUT2D eigenvalue weighted by Gasteiger charge is -2.10. The molecule has 0 aliphatic heterocycles. The number of nitrogens with two attached hydrogens (primary N) is 1. The summed E-state index contributed by atoms with van der Waals surface area (Å²) in [5, 5.41) is 0. The molecule has 1 aliphatic rings. The molecule has 0 saturated carbocycles. The molecule has 1 atom stereocenters. The second-order valence-electron chi connectivity index (χ2n) is 3.65. The van der Waals surface area contributed by atoms with Crippen molar-refractivity contribution >= 4 is 5.97 Å². The predicted molar refractivity (Wildman–Crippen MR) is 52.5 cm³/mol. The van der Waals surface area contributed by atoms with Crippen molar-refractivity contribution in [3.8, 4) is 0 Å². The molecule has 0 aromatic rings. The van der Waals surface area contributed by atoms with Gasteiger partial charge in [0.1, 0.15) is 0 Å². The zero-order chi connectivity index (χ0) is 10.7.